The number of aromatic amines is 1. The highest BCUT2D eigenvalue weighted by atomic mass is 16.5. The second kappa shape index (κ2) is 8.53. The maximum atomic E-state index is 13.1. The highest BCUT2D eigenvalue weighted by molar-refractivity contribution is 6.06. The average Bonchev–Trinajstić information content (AvgIpc) is 3.22. The van der Waals surface area contributed by atoms with E-state index in [0.717, 1.165) is 23.8 Å². The molecule has 4 rings (SSSR count). The molecule has 1 aromatic heterocycles. The van der Waals surface area contributed by atoms with Crippen molar-refractivity contribution in [2.75, 3.05) is 20.2 Å². The SMILES string of the molecule is COC(=O)Cc1ccc(CC2CCN(C(=O)c3cc(=O)[nH]c4ccccc34)C2)cc1. The molecule has 30 heavy (non-hydrogen) atoms. The third-order valence-corrected chi connectivity index (χ3v) is 5.68. The van der Waals surface area contributed by atoms with E-state index in [4.69, 9.17) is 4.74 Å². The van der Waals surface area contributed by atoms with Gasteiger partial charge in [0, 0.05) is 30.1 Å². The zero-order chi connectivity index (χ0) is 21.1. The third-order valence-electron chi connectivity index (χ3n) is 5.68. The summed E-state index contributed by atoms with van der Waals surface area (Å²) in [5.74, 6) is 0.0295. The number of methoxy groups -OCH3 is 1. The van der Waals surface area contributed by atoms with Crippen LogP contribution < -0.4 is 5.56 Å². The molecule has 1 fully saturated rings. The molecule has 0 bridgehead atoms. The molecule has 1 amide bonds. The monoisotopic (exact) mass is 404 g/mol. The van der Waals surface area contributed by atoms with Crippen molar-refractivity contribution in [2.45, 2.75) is 19.3 Å². The topological polar surface area (TPSA) is 79.5 Å². The zero-order valence-electron chi connectivity index (χ0n) is 16.9. The van der Waals surface area contributed by atoms with Gasteiger partial charge in [-0.05, 0) is 36.0 Å². The minimum absolute atomic E-state index is 0.0896. The Bertz CT molecular complexity index is 1130. The molecule has 6 nitrogen and oxygen atoms in total. The van der Waals surface area contributed by atoms with Gasteiger partial charge >= 0.3 is 5.97 Å². The van der Waals surface area contributed by atoms with Crippen LogP contribution in [-0.2, 0) is 22.4 Å². The third kappa shape index (κ3) is 4.27. The molecule has 0 spiro atoms. The molecule has 0 radical (unpaired) electrons. The molecule has 6 heteroatoms. The number of esters is 1. The van der Waals surface area contributed by atoms with Gasteiger partial charge in [0.05, 0.1) is 19.1 Å². The summed E-state index contributed by atoms with van der Waals surface area (Å²) in [6.07, 6.45) is 2.07. The summed E-state index contributed by atoms with van der Waals surface area (Å²) < 4.78 is 4.70. The van der Waals surface area contributed by atoms with E-state index in [0.29, 0.717) is 30.1 Å². The largest absolute Gasteiger partial charge is 0.469 e. The fraction of sp³-hybridized carbons (Fsp3) is 0.292. The van der Waals surface area contributed by atoms with Crippen LogP contribution in [0.1, 0.15) is 27.9 Å². The number of carbonyl (C=O) groups is 2. The smallest absolute Gasteiger partial charge is 0.309 e. The van der Waals surface area contributed by atoms with Gasteiger partial charge in [0.15, 0.2) is 0 Å². The summed E-state index contributed by atoms with van der Waals surface area (Å²) in [6.45, 7) is 1.36. The number of aromatic nitrogens is 1. The number of benzene rings is 2. The Kier molecular flexibility index (Phi) is 5.65. The van der Waals surface area contributed by atoms with Crippen molar-refractivity contribution in [1.82, 2.24) is 9.88 Å². The lowest BCUT2D eigenvalue weighted by molar-refractivity contribution is -0.139. The number of pyridine rings is 1. The summed E-state index contributed by atoms with van der Waals surface area (Å²) >= 11 is 0. The van der Waals surface area contributed by atoms with E-state index < -0.39 is 0 Å². The molecule has 2 aromatic carbocycles. The Morgan fingerprint density at radius 2 is 1.83 bits per heavy atom. The fourth-order valence-electron chi connectivity index (χ4n) is 4.10. The number of fused-ring (bicyclic) bond motifs is 1. The summed E-state index contributed by atoms with van der Waals surface area (Å²) in [5.41, 5.74) is 2.98. The van der Waals surface area contributed by atoms with Crippen LogP contribution in [0.15, 0.2) is 59.4 Å². The number of nitrogens with zero attached hydrogens (tertiary/aromatic N) is 1. The molecule has 1 unspecified atom stereocenters. The number of rotatable bonds is 5. The molecular weight excluding hydrogens is 380 g/mol. The van der Waals surface area contributed by atoms with Crippen molar-refractivity contribution in [3.8, 4) is 0 Å². The Hall–Kier alpha value is -3.41. The first kappa shape index (κ1) is 19.9. The minimum Gasteiger partial charge on any atom is -0.469 e. The van der Waals surface area contributed by atoms with Crippen molar-refractivity contribution in [3.63, 3.8) is 0 Å². The van der Waals surface area contributed by atoms with E-state index >= 15 is 0 Å². The number of carbonyl (C=O) groups excluding carboxylic acids is 2. The molecule has 1 N–H and O–H groups in total. The van der Waals surface area contributed by atoms with E-state index in [2.05, 4.69) is 4.98 Å². The summed E-state index contributed by atoms with van der Waals surface area (Å²) in [7, 11) is 1.39. The van der Waals surface area contributed by atoms with Crippen molar-refractivity contribution in [3.05, 3.63) is 81.6 Å². The predicted octanol–water partition coefficient (Wildman–Crippen LogP) is 2.95. The van der Waals surface area contributed by atoms with Crippen LogP contribution in [-0.4, -0.2) is 42.0 Å². The summed E-state index contributed by atoms with van der Waals surface area (Å²) in [4.78, 5) is 41.1. The average molecular weight is 404 g/mol. The lowest BCUT2D eigenvalue weighted by atomic mass is 9.97. The molecule has 3 aromatic rings. The normalized spacial score (nSPS) is 16.0. The fourth-order valence-corrected chi connectivity index (χ4v) is 4.10. The van der Waals surface area contributed by atoms with Crippen LogP contribution in [0.3, 0.4) is 0 Å². The highest BCUT2D eigenvalue weighted by Gasteiger charge is 2.28. The number of hydrogen-bond acceptors (Lipinski definition) is 4. The van der Waals surface area contributed by atoms with Gasteiger partial charge < -0.3 is 14.6 Å². The molecule has 1 aliphatic heterocycles. The van der Waals surface area contributed by atoms with E-state index in [9.17, 15) is 14.4 Å². The van der Waals surface area contributed by atoms with Gasteiger partial charge in [-0.15, -0.1) is 0 Å². The van der Waals surface area contributed by atoms with Gasteiger partial charge in [-0.25, -0.2) is 0 Å². The molecular formula is C24H24N2O4. The van der Waals surface area contributed by atoms with Gasteiger partial charge in [0.25, 0.3) is 5.91 Å². The number of H-pyrrole nitrogens is 1. The van der Waals surface area contributed by atoms with Crippen molar-refractivity contribution in [2.24, 2.45) is 5.92 Å². The van der Waals surface area contributed by atoms with Crippen LogP contribution >= 0.6 is 0 Å². The van der Waals surface area contributed by atoms with E-state index in [1.807, 2.05) is 53.4 Å². The van der Waals surface area contributed by atoms with E-state index in [1.165, 1.54) is 18.7 Å². The molecule has 1 atom stereocenters. The van der Waals surface area contributed by atoms with Crippen molar-refractivity contribution < 1.29 is 14.3 Å². The Balaban J connectivity index is 1.43. The molecule has 154 valence electrons. The number of likely N-dealkylation sites (tertiary alicyclic amines) is 1. The highest BCUT2D eigenvalue weighted by Crippen LogP contribution is 2.24. The van der Waals surface area contributed by atoms with Crippen LogP contribution in [0.5, 0.6) is 0 Å². The van der Waals surface area contributed by atoms with Crippen LogP contribution in [0.4, 0.5) is 0 Å². The van der Waals surface area contributed by atoms with Gasteiger partial charge in [-0.2, -0.15) is 0 Å². The van der Waals surface area contributed by atoms with Gasteiger partial charge in [0.2, 0.25) is 5.56 Å². The molecule has 2 heterocycles. The number of amides is 1. The molecule has 0 saturated carbocycles. The van der Waals surface area contributed by atoms with Gasteiger partial charge in [0.1, 0.15) is 0 Å². The van der Waals surface area contributed by atoms with Crippen LogP contribution in [0, 0.1) is 5.92 Å². The maximum absolute atomic E-state index is 13.1. The number of hydrogen-bond donors (Lipinski definition) is 1. The molecule has 1 saturated heterocycles. The Morgan fingerprint density at radius 1 is 1.10 bits per heavy atom. The second-order valence-corrected chi connectivity index (χ2v) is 7.77. The quantitative estimate of drug-likeness (QED) is 0.663. The number of para-hydroxylation sites is 1. The van der Waals surface area contributed by atoms with Gasteiger partial charge in [-0.3, -0.25) is 14.4 Å². The Morgan fingerprint density at radius 3 is 2.60 bits per heavy atom. The maximum Gasteiger partial charge on any atom is 0.309 e. The van der Waals surface area contributed by atoms with E-state index in [1.54, 1.807) is 0 Å². The first-order valence-corrected chi connectivity index (χ1v) is 10.1. The Labute approximate surface area is 174 Å². The lowest BCUT2D eigenvalue weighted by Gasteiger charge is -2.18. The van der Waals surface area contributed by atoms with Crippen molar-refractivity contribution in [1.29, 1.82) is 0 Å². The molecule has 1 aliphatic rings. The molecule has 0 aliphatic carbocycles. The van der Waals surface area contributed by atoms with Crippen molar-refractivity contribution >= 4 is 22.8 Å². The zero-order valence-corrected chi connectivity index (χ0v) is 16.9. The standard InChI is InChI=1S/C24H24N2O4/c1-30-23(28)13-17-8-6-16(7-9-17)12-18-10-11-26(15-18)24(29)20-14-22(27)25-21-5-3-2-4-19(20)21/h2-9,14,18H,10-13,15H2,1H3,(H,25,27). The van der Waals surface area contributed by atoms with Crippen LogP contribution in [0.2, 0.25) is 0 Å². The van der Waals surface area contributed by atoms with Crippen LogP contribution in [0.25, 0.3) is 10.9 Å². The first-order valence-electron chi connectivity index (χ1n) is 10.1. The van der Waals surface area contributed by atoms with E-state index in [-0.39, 0.29) is 23.9 Å². The summed E-state index contributed by atoms with van der Waals surface area (Å²) in [6, 6.07) is 16.8. The summed E-state index contributed by atoms with van der Waals surface area (Å²) in [5, 5.41) is 0.770. The predicted molar refractivity (Wildman–Crippen MR) is 114 cm³/mol. The number of ether oxygens (including phenoxy) is 1. The lowest BCUT2D eigenvalue weighted by Crippen LogP contribution is -2.30. The first-order chi connectivity index (χ1) is 14.5. The minimum atomic E-state index is -0.264. The van der Waals surface area contributed by atoms with Gasteiger partial charge in [-0.1, -0.05) is 42.5 Å². The number of nitrogens with one attached hydrogen (secondary N) is 1. The second-order valence-electron chi connectivity index (χ2n) is 7.77.